The van der Waals surface area contributed by atoms with Gasteiger partial charge in [-0.2, -0.15) is 0 Å². The van der Waals surface area contributed by atoms with Gasteiger partial charge < -0.3 is 10.3 Å². The van der Waals surface area contributed by atoms with Gasteiger partial charge in [0.2, 0.25) is 0 Å². The molecule has 0 fully saturated rings. The number of anilines is 1. The van der Waals surface area contributed by atoms with Gasteiger partial charge in [-0.15, -0.1) is 0 Å². The summed E-state index contributed by atoms with van der Waals surface area (Å²) in [7, 11) is 0. The Bertz CT molecular complexity index is 483. The standard InChI is InChI=1S/C11H12F2N2/c1-11(12,13)7-15-5-4-8-6-9(14)2-3-10(8)15/h2-6H,7,14H2,1H3. The Hall–Kier alpha value is -1.58. The topological polar surface area (TPSA) is 30.9 Å². The van der Waals surface area contributed by atoms with E-state index in [0.29, 0.717) is 5.69 Å². The maximum Gasteiger partial charge on any atom is 0.262 e. The second-order valence-corrected chi connectivity index (χ2v) is 3.83. The van der Waals surface area contributed by atoms with Crippen LogP contribution in [0.25, 0.3) is 10.9 Å². The predicted octanol–water partition coefficient (Wildman–Crippen LogP) is 2.88. The van der Waals surface area contributed by atoms with Gasteiger partial charge in [0.25, 0.3) is 5.92 Å². The summed E-state index contributed by atoms with van der Waals surface area (Å²) in [6.45, 7) is 0.608. The normalized spacial score (nSPS) is 12.2. The van der Waals surface area contributed by atoms with Crippen LogP contribution in [0.4, 0.5) is 14.5 Å². The molecule has 0 aliphatic rings. The van der Waals surface area contributed by atoms with Crippen LogP contribution >= 0.6 is 0 Å². The summed E-state index contributed by atoms with van der Waals surface area (Å²) < 4.78 is 27.2. The molecule has 0 aliphatic heterocycles. The lowest BCUT2D eigenvalue weighted by Gasteiger charge is -2.12. The monoisotopic (exact) mass is 210 g/mol. The number of benzene rings is 1. The van der Waals surface area contributed by atoms with E-state index < -0.39 is 5.92 Å². The Morgan fingerprint density at radius 1 is 1.33 bits per heavy atom. The number of halogens is 2. The SMILES string of the molecule is CC(F)(F)Cn1ccc2cc(N)ccc21. The van der Waals surface area contributed by atoms with Gasteiger partial charge in [0.1, 0.15) is 0 Å². The lowest BCUT2D eigenvalue weighted by molar-refractivity contribution is 0.00510. The van der Waals surface area contributed by atoms with E-state index in [1.54, 1.807) is 30.5 Å². The molecule has 1 aromatic carbocycles. The third kappa shape index (κ3) is 2.09. The molecule has 0 atom stereocenters. The van der Waals surface area contributed by atoms with Crippen LogP contribution in [-0.2, 0) is 6.54 Å². The number of nitrogens with zero attached hydrogens (tertiary/aromatic N) is 1. The summed E-state index contributed by atoms with van der Waals surface area (Å²) in [5.41, 5.74) is 7.03. The quantitative estimate of drug-likeness (QED) is 0.759. The maximum atomic E-state index is 12.8. The number of alkyl halides is 2. The highest BCUT2D eigenvalue weighted by molar-refractivity contribution is 5.83. The van der Waals surface area contributed by atoms with Crippen molar-refractivity contribution in [2.45, 2.75) is 19.4 Å². The molecule has 0 aliphatic carbocycles. The van der Waals surface area contributed by atoms with Crippen LogP contribution in [-0.4, -0.2) is 10.5 Å². The molecule has 1 aromatic heterocycles. The van der Waals surface area contributed by atoms with Gasteiger partial charge in [-0.25, -0.2) is 8.78 Å². The maximum absolute atomic E-state index is 12.8. The average Bonchev–Trinajstić information content (AvgIpc) is 2.45. The van der Waals surface area contributed by atoms with Gasteiger partial charge >= 0.3 is 0 Å². The molecule has 15 heavy (non-hydrogen) atoms. The van der Waals surface area contributed by atoms with Gasteiger partial charge in [0, 0.05) is 29.7 Å². The van der Waals surface area contributed by atoms with Crippen molar-refractivity contribution in [3.63, 3.8) is 0 Å². The molecular weight excluding hydrogens is 198 g/mol. The van der Waals surface area contributed by atoms with E-state index in [1.807, 2.05) is 0 Å². The van der Waals surface area contributed by atoms with Gasteiger partial charge in [0.15, 0.2) is 0 Å². The van der Waals surface area contributed by atoms with Gasteiger partial charge in [0.05, 0.1) is 6.54 Å². The Morgan fingerprint density at radius 3 is 2.73 bits per heavy atom. The van der Waals surface area contributed by atoms with Crippen molar-refractivity contribution < 1.29 is 8.78 Å². The Kier molecular flexibility index (Phi) is 2.14. The molecule has 0 radical (unpaired) electrons. The van der Waals surface area contributed by atoms with Crippen LogP contribution in [0.2, 0.25) is 0 Å². The van der Waals surface area contributed by atoms with E-state index in [1.165, 1.54) is 4.57 Å². The fraction of sp³-hybridized carbons (Fsp3) is 0.273. The first-order valence-corrected chi connectivity index (χ1v) is 4.68. The van der Waals surface area contributed by atoms with Gasteiger partial charge in [-0.3, -0.25) is 0 Å². The van der Waals surface area contributed by atoms with E-state index in [9.17, 15) is 8.78 Å². The summed E-state index contributed by atoms with van der Waals surface area (Å²) in [6, 6.07) is 7.04. The van der Waals surface area contributed by atoms with Gasteiger partial charge in [-0.05, 0) is 24.3 Å². The molecule has 4 heteroatoms. The lowest BCUT2D eigenvalue weighted by Crippen LogP contribution is -2.18. The predicted molar refractivity (Wildman–Crippen MR) is 57.0 cm³/mol. The highest BCUT2D eigenvalue weighted by atomic mass is 19.3. The number of aromatic nitrogens is 1. The van der Waals surface area contributed by atoms with Crippen LogP contribution < -0.4 is 5.73 Å². The molecule has 2 N–H and O–H groups in total. The molecule has 2 rings (SSSR count). The molecule has 2 nitrogen and oxygen atoms in total. The van der Waals surface area contributed by atoms with Crippen molar-refractivity contribution in [2.75, 3.05) is 5.73 Å². The van der Waals surface area contributed by atoms with Gasteiger partial charge in [-0.1, -0.05) is 0 Å². The summed E-state index contributed by atoms with van der Waals surface area (Å²) in [5, 5.41) is 0.888. The molecule has 0 bridgehead atoms. The molecule has 0 unspecified atom stereocenters. The average molecular weight is 210 g/mol. The van der Waals surface area contributed by atoms with Crippen molar-refractivity contribution in [1.29, 1.82) is 0 Å². The molecular formula is C11H12F2N2. The largest absolute Gasteiger partial charge is 0.399 e. The fourth-order valence-corrected chi connectivity index (χ4v) is 1.66. The van der Waals surface area contributed by atoms with Crippen LogP contribution in [0.5, 0.6) is 0 Å². The van der Waals surface area contributed by atoms with Crippen LogP contribution in [0, 0.1) is 0 Å². The van der Waals surface area contributed by atoms with Crippen molar-refractivity contribution in [3.8, 4) is 0 Å². The highest BCUT2D eigenvalue weighted by Gasteiger charge is 2.22. The fourth-order valence-electron chi connectivity index (χ4n) is 1.66. The smallest absolute Gasteiger partial charge is 0.262 e. The summed E-state index contributed by atoms with van der Waals surface area (Å²) in [6.07, 6.45) is 1.65. The van der Waals surface area contributed by atoms with E-state index in [2.05, 4.69) is 0 Å². The molecule has 0 spiro atoms. The molecule has 80 valence electrons. The second-order valence-electron chi connectivity index (χ2n) is 3.83. The van der Waals surface area contributed by atoms with Crippen LogP contribution in [0.15, 0.2) is 30.5 Å². The Morgan fingerprint density at radius 2 is 2.07 bits per heavy atom. The summed E-state index contributed by atoms with van der Waals surface area (Å²) in [4.78, 5) is 0. The number of nitrogens with two attached hydrogens (primary N) is 1. The lowest BCUT2D eigenvalue weighted by atomic mass is 10.2. The van der Waals surface area contributed by atoms with E-state index in [-0.39, 0.29) is 6.54 Å². The van der Waals surface area contributed by atoms with Crippen LogP contribution in [0.3, 0.4) is 0 Å². The third-order valence-corrected chi connectivity index (χ3v) is 2.24. The van der Waals surface area contributed by atoms with E-state index >= 15 is 0 Å². The minimum Gasteiger partial charge on any atom is -0.399 e. The second kappa shape index (κ2) is 3.22. The Labute approximate surface area is 86.3 Å². The zero-order valence-corrected chi connectivity index (χ0v) is 8.37. The molecule has 0 saturated carbocycles. The molecule has 0 saturated heterocycles. The minimum atomic E-state index is -2.70. The van der Waals surface area contributed by atoms with E-state index in [0.717, 1.165) is 17.8 Å². The highest BCUT2D eigenvalue weighted by Crippen LogP contribution is 2.22. The number of fused-ring (bicyclic) bond motifs is 1. The zero-order valence-electron chi connectivity index (χ0n) is 8.37. The Balaban J connectivity index is 2.45. The number of hydrogen-bond acceptors (Lipinski definition) is 1. The van der Waals surface area contributed by atoms with Crippen molar-refractivity contribution in [1.82, 2.24) is 4.57 Å². The molecule has 2 aromatic rings. The summed E-state index contributed by atoms with van der Waals surface area (Å²) >= 11 is 0. The first-order valence-electron chi connectivity index (χ1n) is 4.68. The third-order valence-electron chi connectivity index (χ3n) is 2.24. The zero-order chi connectivity index (χ0) is 11.1. The first-order chi connectivity index (χ1) is 6.96. The summed E-state index contributed by atoms with van der Waals surface area (Å²) in [5.74, 6) is -2.70. The first kappa shape index (κ1) is 9.96. The molecule has 1 heterocycles. The van der Waals surface area contributed by atoms with E-state index in [4.69, 9.17) is 5.73 Å². The molecule has 0 amide bonds. The number of rotatable bonds is 2. The number of hydrogen-bond donors (Lipinski definition) is 1. The number of nitrogen functional groups attached to an aromatic ring is 1. The van der Waals surface area contributed by atoms with Crippen molar-refractivity contribution in [3.05, 3.63) is 30.5 Å². The van der Waals surface area contributed by atoms with Crippen molar-refractivity contribution >= 4 is 16.6 Å². The van der Waals surface area contributed by atoms with Crippen molar-refractivity contribution in [2.24, 2.45) is 0 Å². The minimum absolute atomic E-state index is 0.305. The van der Waals surface area contributed by atoms with Crippen LogP contribution in [0.1, 0.15) is 6.92 Å².